The van der Waals surface area contributed by atoms with Gasteiger partial charge >= 0.3 is 0 Å². The van der Waals surface area contributed by atoms with Gasteiger partial charge < -0.3 is 4.57 Å². The number of hydrogen-bond acceptors (Lipinski definition) is 1. The molecule has 1 aliphatic carbocycles. The lowest BCUT2D eigenvalue weighted by atomic mass is 10.1. The smallest absolute Gasteiger partial charge is 0.165 e. The summed E-state index contributed by atoms with van der Waals surface area (Å²) in [7, 11) is 2.07. The van der Waals surface area contributed by atoms with Crippen molar-refractivity contribution in [2.24, 2.45) is 7.05 Å². The first-order valence-corrected chi connectivity index (χ1v) is 5.88. The van der Waals surface area contributed by atoms with Crippen LogP contribution in [0.5, 0.6) is 0 Å². The molecule has 0 bridgehead atoms. The zero-order valence-corrected chi connectivity index (χ0v) is 9.49. The van der Waals surface area contributed by atoms with E-state index in [1.165, 1.54) is 11.2 Å². The van der Waals surface area contributed by atoms with Gasteiger partial charge in [0.25, 0.3) is 0 Å². The molecule has 16 heavy (non-hydrogen) atoms. The van der Waals surface area contributed by atoms with Crippen LogP contribution >= 0.6 is 0 Å². The van der Waals surface area contributed by atoms with Crippen molar-refractivity contribution in [2.75, 3.05) is 0 Å². The Hall–Kier alpha value is -1.57. The van der Waals surface area contributed by atoms with Gasteiger partial charge in [-0.3, -0.25) is 4.79 Å². The normalized spacial score (nSPS) is 16.2. The fraction of sp³-hybridized carbons (Fsp3) is 0.357. The first kappa shape index (κ1) is 9.64. The molecular formula is C14H15NO. The second-order valence-corrected chi connectivity index (χ2v) is 4.53. The van der Waals surface area contributed by atoms with E-state index in [0.29, 0.717) is 12.2 Å². The summed E-state index contributed by atoms with van der Waals surface area (Å²) < 4.78 is 2.19. The summed E-state index contributed by atoms with van der Waals surface area (Å²) in [5.74, 6) is 0.323. The number of carbonyl (C=O) groups excluding carboxylic acids is 1. The molecule has 82 valence electrons. The number of fused-ring (bicyclic) bond motifs is 3. The fourth-order valence-electron chi connectivity index (χ4n) is 2.75. The molecule has 0 saturated carbocycles. The van der Waals surface area contributed by atoms with Gasteiger partial charge in [-0.25, -0.2) is 0 Å². The lowest BCUT2D eigenvalue weighted by Gasteiger charge is -2.02. The Morgan fingerprint density at radius 2 is 1.88 bits per heavy atom. The van der Waals surface area contributed by atoms with Crippen LogP contribution in [0.3, 0.4) is 0 Å². The van der Waals surface area contributed by atoms with E-state index in [-0.39, 0.29) is 0 Å². The molecule has 0 unspecified atom stereocenters. The summed E-state index contributed by atoms with van der Waals surface area (Å²) in [6, 6.07) is 8.21. The first-order chi connectivity index (χ1) is 7.79. The molecule has 0 saturated heterocycles. The van der Waals surface area contributed by atoms with Crippen LogP contribution < -0.4 is 0 Å². The van der Waals surface area contributed by atoms with E-state index in [4.69, 9.17) is 0 Å². The molecule has 1 aromatic heterocycles. The van der Waals surface area contributed by atoms with Gasteiger partial charge in [0.2, 0.25) is 0 Å². The Morgan fingerprint density at radius 3 is 2.75 bits per heavy atom. The minimum atomic E-state index is 0.323. The predicted octanol–water partition coefficient (Wildman–Crippen LogP) is 3.09. The van der Waals surface area contributed by atoms with E-state index in [1.807, 2.05) is 12.1 Å². The number of aryl methyl sites for hydroxylation is 1. The third kappa shape index (κ3) is 1.22. The maximum absolute atomic E-state index is 12.1. The average Bonchev–Trinajstić information content (AvgIpc) is 2.46. The van der Waals surface area contributed by atoms with E-state index in [9.17, 15) is 4.79 Å². The molecule has 2 aromatic rings. The summed E-state index contributed by atoms with van der Waals surface area (Å²) in [5.41, 5.74) is 3.39. The highest BCUT2D eigenvalue weighted by atomic mass is 16.1. The Balaban J connectivity index is 2.39. The van der Waals surface area contributed by atoms with Crippen LogP contribution in [0.25, 0.3) is 10.9 Å². The quantitative estimate of drug-likeness (QED) is 0.616. The summed E-state index contributed by atoms with van der Waals surface area (Å²) in [4.78, 5) is 12.1. The van der Waals surface area contributed by atoms with Crippen molar-refractivity contribution in [1.82, 2.24) is 4.57 Å². The molecule has 0 radical (unpaired) electrons. The molecule has 1 aromatic carbocycles. The number of aromatic nitrogens is 1. The van der Waals surface area contributed by atoms with Crippen LogP contribution in [-0.2, 0) is 13.5 Å². The lowest BCUT2D eigenvalue weighted by Crippen LogP contribution is -2.00. The summed E-state index contributed by atoms with van der Waals surface area (Å²) in [5, 5.41) is 1.13. The average molecular weight is 213 g/mol. The molecule has 1 aliphatic rings. The Labute approximate surface area is 94.9 Å². The van der Waals surface area contributed by atoms with Crippen molar-refractivity contribution in [3.63, 3.8) is 0 Å². The van der Waals surface area contributed by atoms with Crippen LogP contribution in [0.4, 0.5) is 0 Å². The van der Waals surface area contributed by atoms with E-state index in [1.54, 1.807) is 0 Å². The van der Waals surface area contributed by atoms with E-state index < -0.39 is 0 Å². The molecule has 1 heterocycles. The highest BCUT2D eigenvalue weighted by molar-refractivity contribution is 6.09. The fourth-order valence-corrected chi connectivity index (χ4v) is 2.75. The third-order valence-corrected chi connectivity index (χ3v) is 3.57. The monoisotopic (exact) mass is 213 g/mol. The Bertz CT molecular complexity index is 565. The van der Waals surface area contributed by atoms with Gasteiger partial charge in [0, 0.05) is 35.6 Å². The van der Waals surface area contributed by atoms with Crippen molar-refractivity contribution in [1.29, 1.82) is 0 Å². The molecule has 2 nitrogen and oxygen atoms in total. The summed E-state index contributed by atoms with van der Waals surface area (Å²) in [6.07, 6.45) is 3.90. The van der Waals surface area contributed by atoms with Gasteiger partial charge in [0.1, 0.15) is 0 Å². The molecule has 0 spiro atoms. The number of hydrogen-bond donors (Lipinski definition) is 0. The highest BCUT2D eigenvalue weighted by Crippen LogP contribution is 2.30. The second kappa shape index (κ2) is 3.48. The van der Waals surface area contributed by atoms with Gasteiger partial charge in [-0.05, 0) is 25.3 Å². The van der Waals surface area contributed by atoms with Crippen molar-refractivity contribution < 1.29 is 4.79 Å². The number of rotatable bonds is 0. The second-order valence-electron chi connectivity index (χ2n) is 4.53. The van der Waals surface area contributed by atoms with Crippen LogP contribution in [0.2, 0.25) is 0 Å². The standard InChI is InChI=1S/C14H15NO/c1-15-11-7-3-2-6-10(11)14-12(15)8-4-5-9-13(14)16/h2-3,6-7H,4-5,8-9H2,1H3. The topological polar surface area (TPSA) is 22.0 Å². The summed E-state index contributed by atoms with van der Waals surface area (Å²) in [6.45, 7) is 0. The van der Waals surface area contributed by atoms with Gasteiger partial charge in [-0.1, -0.05) is 18.2 Å². The maximum Gasteiger partial charge on any atom is 0.165 e. The zero-order chi connectivity index (χ0) is 11.1. The number of carbonyl (C=O) groups is 1. The molecule has 0 atom stereocenters. The minimum absolute atomic E-state index is 0.323. The molecule has 2 heteroatoms. The summed E-state index contributed by atoms with van der Waals surface area (Å²) >= 11 is 0. The Kier molecular flexibility index (Phi) is 2.10. The van der Waals surface area contributed by atoms with Gasteiger partial charge in [-0.2, -0.15) is 0 Å². The molecule has 3 rings (SSSR count). The first-order valence-electron chi connectivity index (χ1n) is 5.88. The predicted molar refractivity (Wildman–Crippen MR) is 64.8 cm³/mol. The lowest BCUT2D eigenvalue weighted by molar-refractivity contribution is 0.0983. The number of para-hydroxylation sites is 1. The van der Waals surface area contributed by atoms with Gasteiger partial charge in [-0.15, -0.1) is 0 Å². The minimum Gasteiger partial charge on any atom is -0.347 e. The van der Waals surface area contributed by atoms with E-state index >= 15 is 0 Å². The SMILES string of the molecule is Cn1c2c(c3ccccc31)C(=O)CCCC2. The van der Waals surface area contributed by atoms with Crippen molar-refractivity contribution in [2.45, 2.75) is 25.7 Å². The van der Waals surface area contributed by atoms with E-state index in [0.717, 1.165) is 30.2 Å². The largest absolute Gasteiger partial charge is 0.347 e. The molecule has 0 aliphatic heterocycles. The van der Waals surface area contributed by atoms with Crippen LogP contribution in [-0.4, -0.2) is 10.4 Å². The number of Topliss-reactive ketones (excluding diaryl/α,β-unsaturated/α-hetero) is 1. The van der Waals surface area contributed by atoms with Crippen LogP contribution in [0.15, 0.2) is 24.3 Å². The molecule has 0 fully saturated rings. The molecular weight excluding hydrogens is 198 g/mol. The third-order valence-electron chi connectivity index (χ3n) is 3.57. The number of benzene rings is 1. The number of nitrogens with zero attached hydrogens (tertiary/aromatic N) is 1. The number of ketones is 1. The van der Waals surface area contributed by atoms with Gasteiger partial charge in [0.15, 0.2) is 5.78 Å². The van der Waals surface area contributed by atoms with Crippen LogP contribution in [0.1, 0.15) is 35.3 Å². The molecule has 0 N–H and O–H groups in total. The van der Waals surface area contributed by atoms with Crippen LogP contribution in [0, 0.1) is 0 Å². The Morgan fingerprint density at radius 1 is 1.12 bits per heavy atom. The zero-order valence-electron chi connectivity index (χ0n) is 9.49. The van der Waals surface area contributed by atoms with Crippen molar-refractivity contribution in [3.05, 3.63) is 35.5 Å². The molecule has 0 amide bonds. The van der Waals surface area contributed by atoms with Crippen molar-refractivity contribution >= 4 is 16.7 Å². The highest BCUT2D eigenvalue weighted by Gasteiger charge is 2.22. The van der Waals surface area contributed by atoms with E-state index in [2.05, 4.69) is 23.7 Å². The van der Waals surface area contributed by atoms with Crippen molar-refractivity contribution in [3.8, 4) is 0 Å². The van der Waals surface area contributed by atoms with Gasteiger partial charge in [0.05, 0.1) is 0 Å². The maximum atomic E-state index is 12.1.